The summed E-state index contributed by atoms with van der Waals surface area (Å²) in [6.45, 7) is 9.52. The summed E-state index contributed by atoms with van der Waals surface area (Å²) >= 11 is 0. The molecular weight excluding hydrogens is 402 g/mol. The second-order valence-electron chi connectivity index (χ2n) is 8.99. The van der Waals surface area contributed by atoms with Crippen LogP contribution in [0.25, 0.3) is 0 Å². The maximum Gasteiger partial charge on any atom is 0.226 e. The number of ketones is 2. The van der Waals surface area contributed by atoms with Crippen molar-refractivity contribution in [2.24, 2.45) is 28.3 Å². The lowest BCUT2D eigenvalue weighted by Crippen LogP contribution is -2.50. The standard InChI is InChI=1S/C21H39N5O5/c1-12(2)17(25-13(3)4)16(28)9-14(10-27)19(30)26-15(7-6-8-24-20(22)23)18(29)21(5)11-31-21/h12-15,17,25,27H,6-11H2,1-5H3,(H,26,30)(H4,22,23,24)/t14-,15-,17-,21+/m0/s1. The number of nitrogens with zero attached hydrogens (tertiary/aromatic N) is 1. The predicted molar refractivity (Wildman–Crippen MR) is 118 cm³/mol. The van der Waals surface area contributed by atoms with Crippen molar-refractivity contribution in [2.45, 2.75) is 77.6 Å². The summed E-state index contributed by atoms with van der Waals surface area (Å²) in [5, 5.41) is 15.7. The van der Waals surface area contributed by atoms with Gasteiger partial charge in [-0.05, 0) is 25.7 Å². The number of aliphatic hydroxyl groups excluding tert-OH is 1. The molecule has 0 aromatic carbocycles. The van der Waals surface area contributed by atoms with Crippen LogP contribution >= 0.6 is 0 Å². The number of epoxide rings is 1. The van der Waals surface area contributed by atoms with Crippen molar-refractivity contribution < 1.29 is 24.2 Å². The summed E-state index contributed by atoms with van der Waals surface area (Å²) in [6.07, 6.45) is 0.671. The number of hydrogen-bond acceptors (Lipinski definition) is 7. The van der Waals surface area contributed by atoms with Crippen molar-refractivity contribution in [1.82, 2.24) is 10.6 Å². The lowest BCUT2D eigenvalue weighted by molar-refractivity contribution is -0.135. The smallest absolute Gasteiger partial charge is 0.226 e. The largest absolute Gasteiger partial charge is 0.396 e. The van der Waals surface area contributed by atoms with Crippen molar-refractivity contribution in [3.05, 3.63) is 0 Å². The average molecular weight is 442 g/mol. The molecule has 0 radical (unpaired) electrons. The third-order valence-electron chi connectivity index (χ3n) is 5.24. The van der Waals surface area contributed by atoms with Crippen LogP contribution < -0.4 is 22.1 Å². The molecule has 1 aliphatic heterocycles. The van der Waals surface area contributed by atoms with Gasteiger partial charge in [0.1, 0.15) is 5.60 Å². The van der Waals surface area contributed by atoms with E-state index in [2.05, 4.69) is 15.6 Å². The van der Waals surface area contributed by atoms with E-state index in [9.17, 15) is 19.5 Å². The highest BCUT2D eigenvalue weighted by Gasteiger charge is 2.50. The molecule has 7 N–H and O–H groups in total. The zero-order valence-electron chi connectivity index (χ0n) is 19.3. The number of aliphatic hydroxyl groups is 1. The summed E-state index contributed by atoms with van der Waals surface area (Å²) in [5.74, 6) is -1.87. The molecule has 10 nitrogen and oxygen atoms in total. The molecule has 1 heterocycles. The van der Waals surface area contributed by atoms with Gasteiger partial charge in [0.05, 0.1) is 31.2 Å². The predicted octanol–water partition coefficient (Wildman–Crippen LogP) is -0.527. The number of aliphatic imine (C=N–C) groups is 1. The Hall–Kier alpha value is -2.04. The fraction of sp³-hybridized carbons (Fsp3) is 0.810. The lowest BCUT2D eigenvalue weighted by atomic mass is 9.91. The average Bonchev–Trinajstić information content (AvgIpc) is 3.43. The van der Waals surface area contributed by atoms with E-state index < -0.39 is 36.1 Å². The minimum Gasteiger partial charge on any atom is -0.396 e. The third kappa shape index (κ3) is 8.92. The van der Waals surface area contributed by atoms with E-state index in [-0.39, 0.29) is 35.9 Å². The van der Waals surface area contributed by atoms with Crippen molar-refractivity contribution in [1.29, 1.82) is 0 Å². The lowest BCUT2D eigenvalue weighted by Gasteiger charge is -2.26. The molecule has 4 atom stereocenters. The van der Waals surface area contributed by atoms with Crippen LogP contribution in [0.3, 0.4) is 0 Å². The molecule has 1 saturated heterocycles. The van der Waals surface area contributed by atoms with Crippen LogP contribution in [0.15, 0.2) is 4.99 Å². The van der Waals surface area contributed by atoms with E-state index in [1.54, 1.807) is 6.92 Å². The normalized spacial score (nSPS) is 20.8. The number of hydrogen-bond donors (Lipinski definition) is 5. The van der Waals surface area contributed by atoms with E-state index in [1.807, 2.05) is 27.7 Å². The first kappa shape index (κ1) is 27.0. The highest BCUT2D eigenvalue weighted by atomic mass is 16.6. The zero-order chi connectivity index (χ0) is 23.8. The molecule has 178 valence electrons. The van der Waals surface area contributed by atoms with Gasteiger partial charge in [-0.1, -0.05) is 27.7 Å². The first-order chi connectivity index (χ1) is 14.4. The van der Waals surface area contributed by atoms with E-state index in [0.29, 0.717) is 26.0 Å². The Morgan fingerprint density at radius 1 is 1.19 bits per heavy atom. The monoisotopic (exact) mass is 441 g/mol. The van der Waals surface area contributed by atoms with Crippen LogP contribution in [-0.4, -0.2) is 72.0 Å². The highest BCUT2D eigenvalue weighted by Crippen LogP contribution is 2.29. The summed E-state index contributed by atoms with van der Waals surface area (Å²) in [5.41, 5.74) is 9.72. The van der Waals surface area contributed by atoms with Gasteiger partial charge in [0.15, 0.2) is 17.5 Å². The molecule has 1 rings (SSSR count). The van der Waals surface area contributed by atoms with Gasteiger partial charge < -0.3 is 31.9 Å². The molecule has 0 aromatic rings. The van der Waals surface area contributed by atoms with Crippen molar-refractivity contribution in [3.8, 4) is 0 Å². The molecular formula is C21H39N5O5. The van der Waals surface area contributed by atoms with E-state index in [1.165, 1.54) is 0 Å². The zero-order valence-corrected chi connectivity index (χ0v) is 19.3. The molecule has 1 amide bonds. The van der Waals surface area contributed by atoms with Crippen molar-refractivity contribution in [2.75, 3.05) is 19.8 Å². The number of carbonyl (C=O) groups excluding carboxylic acids is 3. The van der Waals surface area contributed by atoms with Gasteiger partial charge in [-0.15, -0.1) is 0 Å². The van der Waals surface area contributed by atoms with Gasteiger partial charge in [0.25, 0.3) is 0 Å². The van der Waals surface area contributed by atoms with Gasteiger partial charge in [-0.2, -0.15) is 0 Å². The molecule has 0 aliphatic carbocycles. The number of nitrogens with two attached hydrogens (primary N) is 2. The SMILES string of the molecule is CC(C)N[C@H](C(=O)C[C@@H](CO)C(=O)N[C@@H](CCCN=C(N)N)C(=O)[C@@]1(C)CO1)C(C)C. The Morgan fingerprint density at radius 3 is 2.26 bits per heavy atom. The topological polar surface area (TPSA) is 172 Å². The van der Waals surface area contributed by atoms with E-state index >= 15 is 0 Å². The number of rotatable bonds is 15. The number of amides is 1. The third-order valence-corrected chi connectivity index (χ3v) is 5.24. The Morgan fingerprint density at radius 2 is 1.81 bits per heavy atom. The number of carbonyl (C=O) groups is 3. The van der Waals surface area contributed by atoms with Gasteiger partial charge in [-0.25, -0.2) is 0 Å². The molecule has 0 spiro atoms. The van der Waals surface area contributed by atoms with Crippen LogP contribution in [0.4, 0.5) is 0 Å². The summed E-state index contributed by atoms with van der Waals surface area (Å²) in [6, 6.07) is -1.13. The van der Waals surface area contributed by atoms with Crippen molar-refractivity contribution in [3.63, 3.8) is 0 Å². The summed E-state index contributed by atoms with van der Waals surface area (Å²) in [4.78, 5) is 42.3. The number of nitrogens with one attached hydrogen (secondary N) is 2. The molecule has 0 unspecified atom stereocenters. The van der Waals surface area contributed by atoms with Crippen molar-refractivity contribution >= 4 is 23.4 Å². The number of ether oxygens (including phenoxy) is 1. The first-order valence-corrected chi connectivity index (χ1v) is 10.8. The Bertz CT molecular complexity index is 657. The molecule has 31 heavy (non-hydrogen) atoms. The molecule has 10 heteroatoms. The fourth-order valence-electron chi connectivity index (χ4n) is 3.31. The van der Waals surface area contributed by atoms with Gasteiger partial charge >= 0.3 is 0 Å². The van der Waals surface area contributed by atoms with E-state index in [0.717, 1.165) is 0 Å². The maximum absolute atomic E-state index is 12.8. The summed E-state index contributed by atoms with van der Waals surface area (Å²) < 4.78 is 5.23. The second kappa shape index (κ2) is 12.1. The van der Waals surface area contributed by atoms with Crippen LogP contribution in [0.5, 0.6) is 0 Å². The molecule has 1 fully saturated rings. The molecule has 0 aromatic heterocycles. The minimum atomic E-state index is -0.941. The number of Topliss-reactive ketones (excluding diaryl/α,β-unsaturated/α-hetero) is 2. The first-order valence-electron chi connectivity index (χ1n) is 10.8. The molecule has 0 saturated carbocycles. The summed E-state index contributed by atoms with van der Waals surface area (Å²) in [7, 11) is 0. The highest BCUT2D eigenvalue weighted by molar-refractivity contribution is 5.97. The van der Waals surface area contributed by atoms with E-state index in [4.69, 9.17) is 16.2 Å². The maximum atomic E-state index is 12.8. The van der Waals surface area contributed by atoms with Gasteiger partial charge in [0.2, 0.25) is 5.91 Å². The molecule has 0 bridgehead atoms. The van der Waals surface area contributed by atoms with Crippen LogP contribution in [0.2, 0.25) is 0 Å². The van der Waals surface area contributed by atoms with Crippen LogP contribution in [-0.2, 0) is 19.1 Å². The molecule has 1 aliphatic rings. The number of guanidine groups is 1. The Balaban J connectivity index is 2.81. The van der Waals surface area contributed by atoms with Gasteiger partial charge in [-0.3, -0.25) is 19.4 Å². The minimum absolute atomic E-state index is 0.0362. The Labute approximate surface area is 184 Å². The Kier molecular flexibility index (Phi) is 10.5. The second-order valence-corrected chi connectivity index (χ2v) is 8.99. The van der Waals surface area contributed by atoms with Gasteiger partial charge in [0, 0.05) is 19.0 Å². The quantitative estimate of drug-likeness (QED) is 0.0976. The fourth-order valence-corrected chi connectivity index (χ4v) is 3.31. The van der Waals surface area contributed by atoms with Crippen LogP contribution in [0.1, 0.15) is 53.9 Å². The van der Waals surface area contributed by atoms with Crippen LogP contribution in [0, 0.1) is 11.8 Å².